The third-order valence-corrected chi connectivity index (χ3v) is 5.10. The molecule has 2 amide bonds. The number of hydrogen-bond acceptors (Lipinski definition) is 2. The van der Waals surface area contributed by atoms with E-state index in [1.165, 1.54) is 12.1 Å². The maximum absolute atomic E-state index is 13.0. The summed E-state index contributed by atoms with van der Waals surface area (Å²) in [5.74, 6) is 0.0344. The molecule has 1 saturated carbocycles. The number of nitrogens with zero attached hydrogens (tertiary/aromatic N) is 1. The van der Waals surface area contributed by atoms with Gasteiger partial charge in [-0.3, -0.25) is 9.59 Å². The Morgan fingerprint density at radius 2 is 1.85 bits per heavy atom. The van der Waals surface area contributed by atoms with Crippen LogP contribution in [0.25, 0.3) is 0 Å². The van der Waals surface area contributed by atoms with E-state index in [2.05, 4.69) is 5.32 Å². The first-order chi connectivity index (χ1) is 12.6. The lowest BCUT2D eigenvalue weighted by Crippen LogP contribution is -2.48. The van der Waals surface area contributed by atoms with Crippen LogP contribution in [0.2, 0.25) is 0 Å². The Labute approximate surface area is 152 Å². The summed E-state index contributed by atoms with van der Waals surface area (Å²) in [5.41, 5.74) is 2.65. The van der Waals surface area contributed by atoms with E-state index in [0.29, 0.717) is 25.4 Å². The molecule has 1 aliphatic heterocycles. The first kappa shape index (κ1) is 16.8. The zero-order chi connectivity index (χ0) is 18.1. The van der Waals surface area contributed by atoms with Gasteiger partial charge >= 0.3 is 0 Å². The fraction of sp³-hybridized carbons (Fsp3) is 0.333. The second kappa shape index (κ2) is 6.90. The normalized spacial score (nSPS) is 19.2. The van der Waals surface area contributed by atoms with Gasteiger partial charge < -0.3 is 10.2 Å². The van der Waals surface area contributed by atoms with Crippen LogP contribution in [0.15, 0.2) is 48.5 Å². The third-order valence-electron chi connectivity index (χ3n) is 5.10. The highest BCUT2D eigenvalue weighted by Crippen LogP contribution is 2.36. The molecule has 4 rings (SSSR count). The van der Waals surface area contributed by atoms with Crippen molar-refractivity contribution in [2.45, 2.75) is 31.8 Å². The van der Waals surface area contributed by atoms with E-state index >= 15 is 0 Å². The second-order valence-corrected chi connectivity index (χ2v) is 7.11. The van der Waals surface area contributed by atoms with Crippen molar-refractivity contribution in [2.75, 3.05) is 6.54 Å². The lowest BCUT2D eigenvalue weighted by molar-refractivity contribution is -0.142. The van der Waals surface area contributed by atoms with Gasteiger partial charge in [0.05, 0.1) is 6.42 Å². The Morgan fingerprint density at radius 1 is 1.12 bits per heavy atom. The SMILES string of the molecule is O=C(NCc1ccc(F)cc1)[C@@H]1c2ccccc2CC(=O)N1CC1CC1. The fourth-order valence-corrected chi connectivity index (χ4v) is 3.49. The van der Waals surface area contributed by atoms with Gasteiger partial charge in [-0.15, -0.1) is 0 Å². The van der Waals surface area contributed by atoms with Crippen molar-refractivity contribution in [3.05, 3.63) is 71.0 Å². The zero-order valence-corrected chi connectivity index (χ0v) is 14.5. The van der Waals surface area contributed by atoms with Gasteiger partial charge in [-0.1, -0.05) is 36.4 Å². The van der Waals surface area contributed by atoms with Gasteiger partial charge in [-0.25, -0.2) is 4.39 Å². The molecule has 2 aliphatic rings. The lowest BCUT2D eigenvalue weighted by atomic mass is 9.91. The molecule has 0 radical (unpaired) electrons. The van der Waals surface area contributed by atoms with Crippen LogP contribution in [0.4, 0.5) is 4.39 Å². The minimum Gasteiger partial charge on any atom is -0.350 e. The highest BCUT2D eigenvalue weighted by molar-refractivity contribution is 5.92. The minimum absolute atomic E-state index is 0.0116. The first-order valence-corrected chi connectivity index (χ1v) is 9.01. The van der Waals surface area contributed by atoms with Crippen LogP contribution >= 0.6 is 0 Å². The second-order valence-electron chi connectivity index (χ2n) is 7.11. The van der Waals surface area contributed by atoms with E-state index in [4.69, 9.17) is 0 Å². The molecule has 4 nitrogen and oxygen atoms in total. The maximum Gasteiger partial charge on any atom is 0.247 e. The maximum atomic E-state index is 13.0. The van der Waals surface area contributed by atoms with E-state index < -0.39 is 6.04 Å². The molecular weight excluding hydrogens is 331 g/mol. The Morgan fingerprint density at radius 3 is 2.58 bits per heavy atom. The molecule has 1 N–H and O–H groups in total. The molecule has 0 unspecified atom stereocenters. The summed E-state index contributed by atoms with van der Waals surface area (Å²) in [5, 5.41) is 2.92. The van der Waals surface area contributed by atoms with Crippen LogP contribution < -0.4 is 5.32 Å². The van der Waals surface area contributed by atoms with Crippen molar-refractivity contribution in [2.24, 2.45) is 5.92 Å². The topological polar surface area (TPSA) is 49.4 Å². The summed E-state index contributed by atoms with van der Waals surface area (Å²) in [4.78, 5) is 27.4. The van der Waals surface area contributed by atoms with Gasteiger partial charge in [0.25, 0.3) is 0 Å². The molecule has 1 fully saturated rings. The minimum atomic E-state index is -0.589. The van der Waals surface area contributed by atoms with Crippen molar-refractivity contribution in [1.29, 1.82) is 0 Å². The molecule has 2 aromatic rings. The number of fused-ring (bicyclic) bond motifs is 1. The summed E-state index contributed by atoms with van der Waals surface area (Å²) in [6.07, 6.45) is 2.59. The molecule has 5 heteroatoms. The van der Waals surface area contributed by atoms with Crippen molar-refractivity contribution in [3.63, 3.8) is 0 Å². The molecule has 1 atom stereocenters. The number of benzene rings is 2. The van der Waals surface area contributed by atoms with Gasteiger partial charge in [0.1, 0.15) is 11.9 Å². The van der Waals surface area contributed by atoms with Gasteiger partial charge in [0.15, 0.2) is 0 Å². The largest absolute Gasteiger partial charge is 0.350 e. The molecule has 134 valence electrons. The number of nitrogens with one attached hydrogen (secondary N) is 1. The summed E-state index contributed by atoms with van der Waals surface area (Å²) >= 11 is 0. The Kier molecular flexibility index (Phi) is 4.45. The van der Waals surface area contributed by atoms with Crippen molar-refractivity contribution >= 4 is 11.8 Å². The molecule has 0 bridgehead atoms. The number of hydrogen-bond donors (Lipinski definition) is 1. The Hall–Kier alpha value is -2.69. The summed E-state index contributed by atoms with van der Waals surface area (Å²) < 4.78 is 13.0. The van der Waals surface area contributed by atoms with E-state index in [0.717, 1.165) is 29.5 Å². The summed E-state index contributed by atoms with van der Waals surface area (Å²) in [6.45, 7) is 0.949. The molecule has 26 heavy (non-hydrogen) atoms. The van der Waals surface area contributed by atoms with E-state index in [1.54, 1.807) is 17.0 Å². The van der Waals surface area contributed by atoms with Crippen molar-refractivity contribution in [1.82, 2.24) is 10.2 Å². The molecule has 0 saturated heterocycles. The zero-order valence-electron chi connectivity index (χ0n) is 14.5. The van der Waals surface area contributed by atoms with Crippen LogP contribution in [-0.4, -0.2) is 23.3 Å². The molecule has 0 spiro atoms. The van der Waals surface area contributed by atoms with Crippen molar-refractivity contribution in [3.8, 4) is 0 Å². The number of amides is 2. The first-order valence-electron chi connectivity index (χ1n) is 9.01. The van der Waals surface area contributed by atoms with E-state index in [9.17, 15) is 14.0 Å². The molecule has 1 aliphatic carbocycles. The highest BCUT2D eigenvalue weighted by atomic mass is 19.1. The number of carbonyl (C=O) groups is 2. The van der Waals surface area contributed by atoms with E-state index in [-0.39, 0.29) is 17.6 Å². The predicted molar refractivity (Wildman–Crippen MR) is 95.6 cm³/mol. The quantitative estimate of drug-likeness (QED) is 0.899. The third kappa shape index (κ3) is 3.47. The fourth-order valence-electron chi connectivity index (χ4n) is 3.49. The van der Waals surface area contributed by atoms with Crippen LogP contribution in [0.5, 0.6) is 0 Å². The number of rotatable bonds is 5. The van der Waals surface area contributed by atoms with Gasteiger partial charge in [-0.2, -0.15) is 0 Å². The number of carbonyl (C=O) groups excluding carboxylic acids is 2. The van der Waals surface area contributed by atoms with E-state index in [1.807, 2.05) is 24.3 Å². The van der Waals surface area contributed by atoms with Crippen molar-refractivity contribution < 1.29 is 14.0 Å². The standard InChI is InChI=1S/C21H21FN2O2/c22-17-9-7-14(8-10-17)12-23-21(26)20-18-4-2-1-3-16(18)11-19(25)24(20)13-15-5-6-15/h1-4,7-10,15,20H,5-6,11-13H2,(H,23,26)/t20-/m0/s1. The Bertz CT molecular complexity index is 830. The van der Waals surface area contributed by atoms with Crippen LogP contribution in [0.3, 0.4) is 0 Å². The molecule has 1 heterocycles. The highest BCUT2D eigenvalue weighted by Gasteiger charge is 2.39. The Balaban J connectivity index is 1.56. The summed E-state index contributed by atoms with van der Waals surface area (Å²) in [7, 11) is 0. The van der Waals surface area contributed by atoms with Gasteiger partial charge in [0, 0.05) is 13.1 Å². The molecular formula is C21H21FN2O2. The monoisotopic (exact) mass is 352 g/mol. The average molecular weight is 352 g/mol. The number of halogens is 1. The van der Waals surface area contributed by atoms with Crippen LogP contribution in [0, 0.1) is 11.7 Å². The van der Waals surface area contributed by atoms with Gasteiger partial charge in [0.2, 0.25) is 11.8 Å². The smallest absolute Gasteiger partial charge is 0.247 e. The average Bonchev–Trinajstić information content (AvgIpc) is 3.46. The van der Waals surface area contributed by atoms with Crippen LogP contribution in [-0.2, 0) is 22.6 Å². The predicted octanol–water partition coefficient (Wildman–Crippen LogP) is 2.98. The summed E-state index contributed by atoms with van der Waals surface area (Å²) in [6, 6.07) is 13.1. The lowest BCUT2D eigenvalue weighted by Gasteiger charge is -2.36. The van der Waals surface area contributed by atoms with Crippen LogP contribution in [0.1, 0.15) is 35.6 Å². The van der Waals surface area contributed by atoms with Gasteiger partial charge in [-0.05, 0) is 47.6 Å². The molecule has 2 aromatic carbocycles. The molecule has 0 aromatic heterocycles.